The summed E-state index contributed by atoms with van der Waals surface area (Å²) in [7, 11) is 3.89. The molecule has 2 aliphatic rings. The Kier molecular flexibility index (Phi) is 3.55. The molecule has 0 amide bonds. The Morgan fingerprint density at radius 2 is 2.25 bits per heavy atom. The van der Waals surface area contributed by atoms with Crippen LogP contribution in [0.2, 0.25) is 0 Å². The highest BCUT2D eigenvalue weighted by Gasteiger charge is 2.47. The van der Waals surface area contributed by atoms with Crippen molar-refractivity contribution in [2.45, 2.75) is 31.1 Å². The topological polar surface area (TPSA) is 29.5 Å². The van der Waals surface area contributed by atoms with E-state index in [1.165, 1.54) is 5.56 Å². The molecule has 1 aromatic carbocycles. The van der Waals surface area contributed by atoms with Gasteiger partial charge in [0.15, 0.2) is 0 Å². The normalized spacial score (nSPS) is 30.9. The minimum absolute atomic E-state index is 0.0381. The van der Waals surface area contributed by atoms with E-state index in [0.29, 0.717) is 18.1 Å². The fraction of sp³-hybridized carbons (Fsp3) is 0.588. The van der Waals surface area contributed by atoms with Gasteiger partial charge in [-0.25, -0.2) is 0 Å². The highest BCUT2D eigenvalue weighted by atomic mass is 16.5. The molecule has 3 nitrogen and oxygen atoms in total. The number of ketones is 1. The van der Waals surface area contributed by atoms with Gasteiger partial charge in [-0.3, -0.25) is 4.79 Å². The number of nitrogens with zero attached hydrogens (tertiary/aromatic N) is 1. The largest absolute Gasteiger partial charge is 0.497 e. The lowest BCUT2D eigenvalue weighted by molar-refractivity contribution is -0.124. The number of carbonyl (C=O) groups excluding carboxylic acids is 1. The molecule has 2 fully saturated rings. The number of carbonyl (C=O) groups is 1. The Balaban J connectivity index is 2.01. The monoisotopic (exact) mass is 273 g/mol. The van der Waals surface area contributed by atoms with Crippen LogP contribution in [0.15, 0.2) is 24.3 Å². The van der Waals surface area contributed by atoms with Gasteiger partial charge in [-0.15, -0.1) is 0 Å². The summed E-state index contributed by atoms with van der Waals surface area (Å²) in [6.45, 7) is 2.17. The van der Waals surface area contributed by atoms with Gasteiger partial charge < -0.3 is 9.64 Å². The number of methoxy groups -OCH3 is 1. The number of ether oxygens (including phenoxy) is 1. The van der Waals surface area contributed by atoms with Crippen molar-refractivity contribution in [3.05, 3.63) is 29.8 Å². The molecule has 0 spiro atoms. The summed E-state index contributed by atoms with van der Waals surface area (Å²) >= 11 is 0. The summed E-state index contributed by atoms with van der Waals surface area (Å²) in [5, 5.41) is 0. The fourth-order valence-electron chi connectivity index (χ4n) is 4.03. The fourth-order valence-corrected chi connectivity index (χ4v) is 4.03. The van der Waals surface area contributed by atoms with Gasteiger partial charge in [0.1, 0.15) is 11.5 Å². The number of piperidine rings is 1. The maximum atomic E-state index is 12.1. The van der Waals surface area contributed by atoms with E-state index in [1.54, 1.807) is 7.11 Å². The van der Waals surface area contributed by atoms with Gasteiger partial charge in [-0.1, -0.05) is 12.1 Å². The third kappa shape index (κ3) is 2.24. The number of Topliss-reactive ketones (excluding diaryl/α,β-unsaturated/α-hetero) is 1. The standard InChI is InChI=1S/C17H23NO2/c1-18-9-8-17(11-15(19)7-6-14(17)12-18)13-4-3-5-16(10-13)20-2/h3-5,10,14H,6-9,11-12H2,1-2H3/t14?,17-/m0/s1. The molecule has 20 heavy (non-hydrogen) atoms. The lowest BCUT2D eigenvalue weighted by Gasteiger charge is -2.50. The Morgan fingerprint density at radius 3 is 3.05 bits per heavy atom. The van der Waals surface area contributed by atoms with Crippen LogP contribution in [0.4, 0.5) is 0 Å². The predicted octanol–water partition coefficient (Wildman–Crippen LogP) is 2.64. The average Bonchev–Trinajstić information content (AvgIpc) is 2.47. The molecule has 1 heterocycles. The van der Waals surface area contributed by atoms with Crippen molar-refractivity contribution in [1.82, 2.24) is 4.90 Å². The molecule has 0 radical (unpaired) electrons. The highest BCUT2D eigenvalue weighted by Crippen LogP contribution is 2.48. The van der Waals surface area contributed by atoms with E-state index in [0.717, 1.165) is 38.1 Å². The first-order chi connectivity index (χ1) is 9.64. The summed E-state index contributed by atoms with van der Waals surface area (Å²) in [5.74, 6) is 1.91. The van der Waals surface area contributed by atoms with Crippen molar-refractivity contribution >= 4 is 5.78 Å². The summed E-state index contributed by atoms with van der Waals surface area (Å²) in [5.41, 5.74) is 1.33. The van der Waals surface area contributed by atoms with Gasteiger partial charge in [0.2, 0.25) is 0 Å². The number of benzene rings is 1. The van der Waals surface area contributed by atoms with Crippen molar-refractivity contribution in [2.75, 3.05) is 27.2 Å². The van der Waals surface area contributed by atoms with E-state index in [9.17, 15) is 4.79 Å². The first-order valence-corrected chi connectivity index (χ1v) is 7.49. The van der Waals surface area contributed by atoms with Gasteiger partial charge in [0.05, 0.1) is 7.11 Å². The molecule has 0 aromatic heterocycles. The maximum Gasteiger partial charge on any atom is 0.133 e. The van der Waals surface area contributed by atoms with Crippen LogP contribution < -0.4 is 4.74 Å². The summed E-state index contributed by atoms with van der Waals surface area (Å²) in [4.78, 5) is 14.5. The second-order valence-electron chi connectivity index (χ2n) is 6.35. The van der Waals surface area contributed by atoms with Crippen molar-refractivity contribution in [2.24, 2.45) is 5.92 Å². The summed E-state index contributed by atoms with van der Waals surface area (Å²) in [6.07, 6.45) is 3.57. The molecule has 1 aliphatic carbocycles. The smallest absolute Gasteiger partial charge is 0.133 e. The zero-order chi connectivity index (χ0) is 14.2. The third-order valence-corrected chi connectivity index (χ3v) is 5.18. The number of fused-ring (bicyclic) bond motifs is 1. The van der Waals surface area contributed by atoms with Gasteiger partial charge in [-0.2, -0.15) is 0 Å². The lowest BCUT2D eigenvalue weighted by Crippen LogP contribution is -2.52. The van der Waals surface area contributed by atoms with Crippen LogP contribution in [-0.4, -0.2) is 37.9 Å². The first-order valence-electron chi connectivity index (χ1n) is 7.49. The Bertz CT molecular complexity index is 513. The van der Waals surface area contributed by atoms with Crippen LogP contribution in [0.25, 0.3) is 0 Å². The van der Waals surface area contributed by atoms with Crippen LogP contribution >= 0.6 is 0 Å². The third-order valence-electron chi connectivity index (χ3n) is 5.18. The number of hydrogen-bond acceptors (Lipinski definition) is 3. The van der Waals surface area contributed by atoms with Gasteiger partial charge in [0.25, 0.3) is 0 Å². The van der Waals surface area contributed by atoms with Crippen molar-refractivity contribution < 1.29 is 9.53 Å². The molecule has 0 N–H and O–H groups in total. The van der Waals surface area contributed by atoms with Crippen LogP contribution in [0.5, 0.6) is 5.75 Å². The van der Waals surface area contributed by atoms with Crippen LogP contribution in [0.1, 0.15) is 31.2 Å². The van der Waals surface area contributed by atoms with E-state index in [1.807, 2.05) is 6.07 Å². The molecule has 1 saturated heterocycles. The average molecular weight is 273 g/mol. The second-order valence-corrected chi connectivity index (χ2v) is 6.35. The second kappa shape index (κ2) is 5.21. The SMILES string of the molecule is COc1cccc([C@@]23CCN(C)CC2CCC(=O)C3)c1. The quantitative estimate of drug-likeness (QED) is 0.829. The van der Waals surface area contributed by atoms with Crippen LogP contribution in [-0.2, 0) is 10.2 Å². The number of likely N-dealkylation sites (tertiary alicyclic amines) is 1. The predicted molar refractivity (Wildman–Crippen MR) is 79.1 cm³/mol. The number of rotatable bonds is 2. The minimum Gasteiger partial charge on any atom is -0.497 e. The van der Waals surface area contributed by atoms with Gasteiger partial charge in [-0.05, 0) is 50.0 Å². The molecule has 1 aliphatic heterocycles. The molecule has 2 atom stereocenters. The molecular formula is C17H23NO2. The summed E-state index contributed by atoms with van der Waals surface area (Å²) in [6, 6.07) is 8.35. The molecule has 3 heteroatoms. The Morgan fingerprint density at radius 1 is 1.40 bits per heavy atom. The first kappa shape index (κ1) is 13.6. The van der Waals surface area contributed by atoms with Gasteiger partial charge >= 0.3 is 0 Å². The van der Waals surface area contributed by atoms with Crippen molar-refractivity contribution in [1.29, 1.82) is 0 Å². The van der Waals surface area contributed by atoms with E-state index < -0.39 is 0 Å². The maximum absolute atomic E-state index is 12.1. The zero-order valence-electron chi connectivity index (χ0n) is 12.4. The number of hydrogen-bond donors (Lipinski definition) is 0. The zero-order valence-corrected chi connectivity index (χ0v) is 12.4. The van der Waals surface area contributed by atoms with Crippen molar-refractivity contribution in [3.8, 4) is 5.75 Å². The van der Waals surface area contributed by atoms with E-state index >= 15 is 0 Å². The van der Waals surface area contributed by atoms with Gasteiger partial charge in [0, 0.05) is 24.8 Å². The van der Waals surface area contributed by atoms with E-state index in [-0.39, 0.29) is 5.41 Å². The molecular weight excluding hydrogens is 250 g/mol. The van der Waals surface area contributed by atoms with E-state index in [2.05, 4.69) is 30.1 Å². The van der Waals surface area contributed by atoms with Crippen LogP contribution in [0, 0.1) is 5.92 Å². The van der Waals surface area contributed by atoms with E-state index in [4.69, 9.17) is 4.74 Å². The summed E-state index contributed by atoms with van der Waals surface area (Å²) < 4.78 is 5.37. The molecule has 3 rings (SSSR count). The molecule has 0 bridgehead atoms. The minimum atomic E-state index is 0.0381. The van der Waals surface area contributed by atoms with Crippen LogP contribution in [0.3, 0.4) is 0 Å². The lowest BCUT2D eigenvalue weighted by atomic mass is 9.59. The molecule has 1 aromatic rings. The highest BCUT2D eigenvalue weighted by molar-refractivity contribution is 5.81. The molecule has 1 unspecified atom stereocenters. The Hall–Kier alpha value is -1.35. The molecule has 1 saturated carbocycles. The van der Waals surface area contributed by atoms with Crippen molar-refractivity contribution in [3.63, 3.8) is 0 Å². The Labute approximate surface area is 120 Å². The molecule has 108 valence electrons.